The summed E-state index contributed by atoms with van der Waals surface area (Å²) in [6, 6.07) is 19.0. The molecule has 136 valence electrons. The number of carboxylic acid groups (broad SMARTS) is 1. The summed E-state index contributed by atoms with van der Waals surface area (Å²) >= 11 is 0. The van der Waals surface area contributed by atoms with Crippen LogP contribution in [0.1, 0.15) is 29.3 Å². The van der Waals surface area contributed by atoms with Gasteiger partial charge in [0.05, 0.1) is 12.5 Å². The summed E-state index contributed by atoms with van der Waals surface area (Å²) in [4.78, 5) is 28.3. The van der Waals surface area contributed by atoms with Gasteiger partial charge in [-0.15, -0.1) is 0 Å². The molecule has 1 saturated heterocycles. The monoisotopic (exact) mass is 352 g/mol. The molecule has 3 rings (SSSR count). The summed E-state index contributed by atoms with van der Waals surface area (Å²) in [5.41, 5.74) is 1.79. The first-order valence-corrected chi connectivity index (χ1v) is 8.90. The SMILES string of the molecule is C[C@@H]1CN(C(=O)c2ccccc2)[C@H](CC(=O)O)CN1Cc1ccccc1. The van der Waals surface area contributed by atoms with Gasteiger partial charge in [0.2, 0.25) is 0 Å². The first kappa shape index (κ1) is 18.1. The standard InChI is InChI=1S/C21H24N2O3/c1-16-13-23(21(26)18-10-6-3-7-11-18)19(12-20(24)25)15-22(16)14-17-8-4-2-5-9-17/h2-11,16,19H,12-15H2,1H3,(H,24,25)/t16-,19-/m1/s1. The molecule has 5 heteroatoms. The minimum Gasteiger partial charge on any atom is -0.481 e. The molecule has 1 amide bonds. The predicted molar refractivity (Wildman–Crippen MR) is 99.8 cm³/mol. The Morgan fingerprint density at radius 1 is 1.00 bits per heavy atom. The zero-order valence-corrected chi connectivity index (χ0v) is 14.9. The van der Waals surface area contributed by atoms with Crippen LogP contribution in [0.2, 0.25) is 0 Å². The molecule has 1 heterocycles. The summed E-state index contributed by atoms with van der Waals surface area (Å²) in [5.74, 6) is -0.974. The molecule has 1 aliphatic rings. The van der Waals surface area contributed by atoms with Crippen LogP contribution in [0.4, 0.5) is 0 Å². The van der Waals surface area contributed by atoms with E-state index in [1.54, 1.807) is 17.0 Å². The number of amides is 1. The predicted octanol–water partition coefficient (Wildman–Crippen LogP) is 2.88. The second-order valence-corrected chi connectivity index (χ2v) is 6.84. The zero-order valence-electron chi connectivity index (χ0n) is 14.9. The number of benzene rings is 2. The number of hydrogen-bond acceptors (Lipinski definition) is 3. The van der Waals surface area contributed by atoms with Crippen molar-refractivity contribution in [2.45, 2.75) is 32.0 Å². The van der Waals surface area contributed by atoms with Gasteiger partial charge in [0.1, 0.15) is 0 Å². The molecule has 0 bridgehead atoms. The van der Waals surface area contributed by atoms with Crippen molar-refractivity contribution >= 4 is 11.9 Å². The van der Waals surface area contributed by atoms with E-state index in [-0.39, 0.29) is 24.4 Å². The van der Waals surface area contributed by atoms with E-state index < -0.39 is 5.97 Å². The summed E-state index contributed by atoms with van der Waals surface area (Å²) in [6.07, 6.45) is -0.0451. The number of carboxylic acids is 1. The fraction of sp³-hybridized carbons (Fsp3) is 0.333. The van der Waals surface area contributed by atoms with Gasteiger partial charge in [0.25, 0.3) is 5.91 Å². The van der Waals surface area contributed by atoms with Crippen molar-refractivity contribution in [2.75, 3.05) is 13.1 Å². The second kappa shape index (κ2) is 8.15. The Balaban J connectivity index is 1.78. The molecule has 1 N–H and O–H groups in total. The van der Waals surface area contributed by atoms with Gasteiger partial charge in [0.15, 0.2) is 0 Å². The largest absolute Gasteiger partial charge is 0.481 e. The van der Waals surface area contributed by atoms with E-state index in [1.807, 2.05) is 36.4 Å². The third-order valence-corrected chi connectivity index (χ3v) is 4.89. The number of nitrogens with zero attached hydrogens (tertiary/aromatic N) is 2. The molecule has 0 aromatic heterocycles. The molecule has 0 aliphatic carbocycles. The lowest BCUT2D eigenvalue weighted by molar-refractivity contribution is -0.139. The van der Waals surface area contributed by atoms with Crippen molar-refractivity contribution in [3.63, 3.8) is 0 Å². The highest BCUT2D eigenvalue weighted by molar-refractivity contribution is 5.94. The van der Waals surface area contributed by atoms with E-state index in [2.05, 4.69) is 24.0 Å². The van der Waals surface area contributed by atoms with Gasteiger partial charge < -0.3 is 10.0 Å². The Hall–Kier alpha value is -2.66. The van der Waals surface area contributed by atoms with Crippen LogP contribution in [0.5, 0.6) is 0 Å². The molecule has 0 saturated carbocycles. The van der Waals surface area contributed by atoms with Gasteiger partial charge in [-0.2, -0.15) is 0 Å². The highest BCUT2D eigenvalue weighted by Crippen LogP contribution is 2.22. The minimum absolute atomic E-state index is 0.0451. The van der Waals surface area contributed by atoms with E-state index in [0.717, 1.165) is 6.54 Å². The molecular formula is C21H24N2O3. The molecule has 0 radical (unpaired) electrons. The average molecular weight is 352 g/mol. The Labute approximate surface area is 153 Å². The number of aliphatic carboxylic acids is 1. The first-order chi connectivity index (χ1) is 12.5. The number of hydrogen-bond donors (Lipinski definition) is 1. The van der Waals surface area contributed by atoms with E-state index in [0.29, 0.717) is 18.7 Å². The molecule has 2 aromatic rings. The fourth-order valence-corrected chi connectivity index (χ4v) is 3.51. The maximum atomic E-state index is 12.9. The Morgan fingerprint density at radius 2 is 1.62 bits per heavy atom. The number of carbonyl (C=O) groups is 2. The van der Waals surface area contributed by atoms with E-state index >= 15 is 0 Å². The van der Waals surface area contributed by atoms with Crippen molar-refractivity contribution in [3.8, 4) is 0 Å². The van der Waals surface area contributed by atoms with Gasteiger partial charge >= 0.3 is 5.97 Å². The quantitative estimate of drug-likeness (QED) is 0.899. The lowest BCUT2D eigenvalue weighted by Gasteiger charge is -2.45. The zero-order chi connectivity index (χ0) is 18.5. The van der Waals surface area contributed by atoms with Gasteiger partial charge in [-0.05, 0) is 24.6 Å². The average Bonchev–Trinajstić information content (AvgIpc) is 2.65. The molecule has 26 heavy (non-hydrogen) atoms. The normalized spacial score (nSPS) is 20.7. The van der Waals surface area contributed by atoms with Crippen molar-refractivity contribution in [3.05, 3.63) is 71.8 Å². The van der Waals surface area contributed by atoms with Crippen LogP contribution < -0.4 is 0 Å². The van der Waals surface area contributed by atoms with Gasteiger partial charge in [0, 0.05) is 31.2 Å². The third kappa shape index (κ3) is 4.29. The molecule has 5 nitrogen and oxygen atoms in total. The van der Waals surface area contributed by atoms with Crippen LogP contribution in [-0.4, -0.2) is 52.0 Å². The molecule has 0 spiro atoms. The third-order valence-electron chi connectivity index (χ3n) is 4.89. The molecule has 1 aliphatic heterocycles. The van der Waals surface area contributed by atoms with Crippen molar-refractivity contribution in [2.24, 2.45) is 0 Å². The Bertz CT molecular complexity index is 748. The van der Waals surface area contributed by atoms with E-state index in [9.17, 15) is 14.7 Å². The van der Waals surface area contributed by atoms with Crippen molar-refractivity contribution < 1.29 is 14.7 Å². The van der Waals surface area contributed by atoms with Crippen LogP contribution in [0.15, 0.2) is 60.7 Å². The van der Waals surface area contributed by atoms with Gasteiger partial charge in [-0.25, -0.2) is 0 Å². The summed E-state index contributed by atoms with van der Waals surface area (Å²) < 4.78 is 0. The van der Waals surface area contributed by atoms with Crippen LogP contribution in [0, 0.1) is 0 Å². The maximum absolute atomic E-state index is 12.9. The minimum atomic E-state index is -0.880. The fourth-order valence-electron chi connectivity index (χ4n) is 3.51. The summed E-state index contributed by atoms with van der Waals surface area (Å²) in [7, 11) is 0. The van der Waals surface area contributed by atoms with E-state index in [1.165, 1.54) is 5.56 Å². The molecule has 2 aromatic carbocycles. The summed E-state index contributed by atoms with van der Waals surface area (Å²) in [6.45, 7) is 3.93. The number of piperazine rings is 1. The number of carbonyl (C=O) groups excluding carboxylic acids is 1. The Kier molecular flexibility index (Phi) is 5.68. The highest BCUT2D eigenvalue weighted by Gasteiger charge is 2.35. The number of rotatable bonds is 5. The molecule has 1 fully saturated rings. The Morgan fingerprint density at radius 3 is 2.23 bits per heavy atom. The van der Waals surface area contributed by atoms with Crippen LogP contribution >= 0.6 is 0 Å². The van der Waals surface area contributed by atoms with Gasteiger partial charge in [-0.1, -0.05) is 48.5 Å². The molecule has 0 unspecified atom stereocenters. The lowest BCUT2D eigenvalue weighted by atomic mass is 10.0. The van der Waals surface area contributed by atoms with Crippen LogP contribution in [0.25, 0.3) is 0 Å². The second-order valence-electron chi connectivity index (χ2n) is 6.84. The van der Waals surface area contributed by atoms with Crippen molar-refractivity contribution in [1.29, 1.82) is 0 Å². The molecular weight excluding hydrogens is 328 g/mol. The van der Waals surface area contributed by atoms with E-state index in [4.69, 9.17) is 0 Å². The first-order valence-electron chi connectivity index (χ1n) is 8.90. The summed E-state index contributed by atoms with van der Waals surface area (Å²) in [5, 5.41) is 9.32. The highest BCUT2D eigenvalue weighted by atomic mass is 16.4. The maximum Gasteiger partial charge on any atom is 0.305 e. The topological polar surface area (TPSA) is 60.9 Å². The van der Waals surface area contributed by atoms with Gasteiger partial charge in [-0.3, -0.25) is 14.5 Å². The van der Waals surface area contributed by atoms with Crippen LogP contribution in [-0.2, 0) is 11.3 Å². The van der Waals surface area contributed by atoms with Crippen LogP contribution in [0.3, 0.4) is 0 Å². The molecule has 2 atom stereocenters. The van der Waals surface area contributed by atoms with Crippen molar-refractivity contribution in [1.82, 2.24) is 9.80 Å². The lowest BCUT2D eigenvalue weighted by Crippen LogP contribution is -2.59. The smallest absolute Gasteiger partial charge is 0.305 e.